The summed E-state index contributed by atoms with van der Waals surface area (Å²) in [6.07, 6.45) is 6.14. The largest absolute Gasteiger partial charge is 0.417 e. The van der Waals surface area contributed by atoms with Gasteiger partial charge in [0.25, 0.3) is 0 Å². The molecule has 3 rings (SSSR count). The predicted octanol–water partition coefficient (Wildman–Crippen LogP) is 5.50. The Balaban J connectivity index is 1.63. The monoisotopic (exact) mass is 477 g/mol. The molecule has 0 saturated heterocycles. The van der Waals surface area contributed by atoms with Crippen molar-refractivity contribution in [1.29, 1.82) is 0 Å². The zero-order valence-electron chi connectivity index (χ0n) is 14.9. The highest BCUT2D eigenvalue weighted by Crippen LogP contribution is 2.43. The molecule has 0 aromatic carbocycles. The van der Waals surface area contributed by atoms with Crippen molar-refractivity contribution in [2.75, 3.05) is 6.61 Å². The third-order valence-electron chi connectivity index (χ3n) is 5.56. The van der Waals surface area contributed by atoms with Crippen LogP contribution in [0.15, 0.2) is 12.4 Å². The van der Waals surface area contributed by atoms with Gasteiger partial charge in [0, 0.05) is 18.7 Å². The SMILES string of the molecule is CC(C)(C)[Si](C)(C)OCC1CC(c2ncc3c(Cl)nc(I)cn23)C1. The van der Waals surface area contributed by atoms with E-state index < -0.39 is 8.32 Å². The molecule has 0 spiro atoms. The van der Waals surface area contributed by atoms with Gasteiger partial charge >= 0.3 is 0 Å². The second kappa shape index (κ2) is 6.52. The van der Waals surface area contributed by atoms with Gasteiger partial charge in [-0.25, -0.2) is 9.97 Å². The van der Waals surface area contributed by atoms with Crippen LogP contribution in [0.25, 0.3) is 5.52 Å². The average molecular weight is 478 g/mol. The van der Waals surface area contributed by atoms with Crippen LogP contribution in [0.5, 0.6) is 0 Å². The minimum atomic E-state index is -1.64. The van der Waals surface area contributed by atoms with Crippen molar-refractivity contribution in [1.82, 2.24) is 14.4 Å². The quantitative estimate of drug-likeness (QED) is 0.431. The van der Waals surface area contributed by atoms with Gasteiger partial charge in [-0.05, 0) is 59.5 Å². The number of imidazole rings is 1. The standard InChI is InChI=1S/C17H25ClIN3OSi/c1-17(2,3)24(4,5)23-10-11-6-12(7-11)16-20-8-13-15(18)21-14(19)9-22(13)16/h8-9,11-12H,6-7,10H2,1-5H3. The molecule has 2 aromatic rings. The summed E-state index contributed by atoms with van der Waals surface area (Å²) in [7, 11) is -1.64. The fourth-order valence-corrected chi connectivity index (χ4v) is 4.86. The maximum Gasteiger partial charge on any atom is 0.191 e. The van der Waals surface area contributed by atoms with Gasteiger partial charge in [-0.2, -0.15) is 0 Å². The summed E-state index contributed by atoms with van der Waals surface area (Å²) in [6, 6.07) is 0. The normalized spacial score (nSPS) is 22.0. The molecule has 2 aromatic heterocycles. The molecular formula is C17H25ClIN3OSi. The van der Waals surface area contributed by atoms with Crippen LogP contribution in [0, 0.1) is 9.62 Å². The van der Waals surface area contributed by atoms with Crippen molar-refractivity contribution in [3.8, 4) is 0 Å². The molecule has 0 atom stereocenters. The van der Waals surface area contributed by atoms with Crippen LogP contribution >= 0.6 is 34.2 Å². The lowest BCUT2D eigenvalue weighted by Crippen LogP contribution is -2.43. The highest BCUT2D eigenvalue weighted by molar-refractivity contribution is 14.1. The van der Waals surface area contributed by atoms with Crippen LogP contribution in [0.1, 0.15) is 45.4 Å². The summed E-state index contributed by atoms with van der Waals surface area (Å²) in [4.78, 5) is 8.89. The van der Waals surface area contributed by atoms with E-state index in [0.717, 1.165) is 34.5 Å². The Bertz CT molecular complexity index is 750. The molecule has 0 aliphatic heterocycles. The molecule has 0 radical (unpaired) electrons. The van der Waals surface area contributed by atoms with Crippen LogP contribution in [-0.4, -0.2) is 29.3 Å². The third kappa shape index (κ3) is 3.52. The Labute approximate surface area is 163 Å². The molecule has 0 N–H and O–H groups in total. The number of halogens is 2. The molecule has 2 heterocycles. The lowest BCUT2D eigenvalue weighted by Gasteiger charge is -2.40. The summed E-state index contributed by atoms with van der Waals surface area (Å²) >= 11 is 8.42. The molecule has 1 aliphatic rings. The summed E-state index contributed by atoms with van der Waals surface area (Å²) in [6.45, 7) is 12.4. The molecule has 7 heteroatoms. The first-order valence-electron chi connectivity index (χ1n) is 8.41. The summed E-state index contributed by atoms with van der Waals surface area (Å²) < 4.78 is 9.36. The van der Waals surface area contributed by atoms with E-state index >= 15 is 0 Å². The van der Waals surface area contributed by atoms with E-state index in [0.29, 0.717) is 17.0 Å². The Morgan fingerprint density at radius 2 is 2.04 bits per heavy atom. The Kier molecular flexibility index (Phi) is 5.05. The number of hydrogen-bond acceptors (Lipinski definition) is 3. The zero-order chi connectivity index (χ0) is 17.7. The Morgan fingerprint density at radius 3 is 2.67 bits per heavy atom. The lowest BCUT2D eigenvalue weighted by atomic mass is 9.75. The van der Waals surface area contributed by atoms with Gasteiger partial charge in [0.05, 0.1) is 6.20 Å². The number of nitrogens with zero attached hydrogens (tertiary/aromatic N) is 3. The molecular weight excluding hydrogens is 453 g/mol. The summed E-state index contributed by atoms with van der Waals surface area (Å²) in [5.74, 6) is 2.25. The molecule has 0 unspecified atom stereocenters. The van der Waals surface area contributed by atoms with Crippen molar-refractivity contribution in [3.63, 3.8) is 0 Å². The first-order chi connectivity index (χ1) is 11.1. The van der Waals surface area contributed by atoms with Crippen LogP contribution in [0.2, 0.25) is 23.3 Å². The second-order valence-electron chi connectivity index (χ2n) is 8.33. The maximum absolute atomic E-state index is 6.37. The highest BCUT2D eigenvalue weighted by atomic mass is 127. The van der Waals surface area contributed by atoms with Gasteiger partial charge in [-0.15, -0.1) is 0 Å². The number of fused-ring (bicyclic) bond motifs is 1. The van der Waals surface area contributed by atoms with Crippen molar-refractivity contribution in [3.05, 3.63) is 27.1 Å². The third-order valence-corrected chi connectivity index (χ3v) is 10.9. The van der Waals surface area contributed by atoms with E-state index in [1.165, 1.54) is 0 Å². The van der Waals surface area contributed by atoms with Crippen molar-refractivity contribution >= 4 is 48.0 Å². The van der Waals surface area contributed by atoms with E-state index in [-0.39, 0.29) is 5.04 Å². The average Bonchev–Trinajstić information content (AvgIpc) is 2.79. The molecule has 1 fully saturated rings. The highest BCUT2D eigenvalue weighted by Gasteiger charge is 2.40. The first kappa shape index (κ1) is 18.6. The molecule has 4 nitrogen and oxygen atoms in total. The Morgan fingerprint density at radius 1 is 1.38 bits per heavy atom. The van der Waals surface area contributed by atoms with E-state index in [9.17, 15) is 0 Å². The van der Waals surface area contributed by atoms with E-state index in [2.05, 4.69) is 70.8 Å². The lowest BCUT2D eigenvalue weighted by molar-refractivity contribution is 0.143. The first-order valence-corrected chi connectivity index (χ1v) is 12.8. The summed E-state index contributed by atoms with van der Waals surface area (Å²) in [5.41, 5.74) is 0.896. The van der Waals surface area contributed by atoms with Crippen molar-refractivity contribution < 1.29 is 4.43 Å². The molecule has 24 heavy (non-hydrogen) atoms. The fraction of sp³-hybridized carbons (Fsp3) is 0.647. The van der Waals surface area contributed by atoms with Crippen LogP contribution in [0.3, 0.4) is 0 Å². The molecule has 0 bridgehead atoms. The van der Waals surface area contributed by atoms with Gasteiger partial charge in [0.15, 0.2) is 13.5 Å². The van der Waals surface area contributed by atoms with Crippen molar-refractivity contribution in [2.45, 2.75) is 57.7 Å². The van der Waals surface area contributed by atoms with E-state index in [1.807, 2.05) is 12.4 Å². The van der Waals surface area contributed by atoms with Gasteiger partial charge in [-0.1, -0.05) is 32.4 Å². The van der Waals surface area contributed by atoms with Crippen LogP contribution in [-0.2, 0) is 4.43 Å². The summed E-state index contributed by atoms with van der Waals surface area (Å²) in [5, 5.41) is 0.799. The second-order valence-corrected chi connectivity index (χ2v) is 14.6. The molecule has 1 aliphatic carbocycles. The molecule has 132 valence electrons. The topological polar surface area (TPSA) is 39.4 Å². The minimum absolute atomic E-state index is 0.274. The predicted molar refractivity (Wildman–Crippen MR) is 109 cm³/mol. The zero-order valence-corrected chi connectivity index (χ0v) is 18.8. The smallest absolute Gasteiger partial charge is 0.191 e. The number of hydrogen-bond donors (Lipinski definition) is 0. The van der Waals surface area contributed by atoms with E-state index in [4.69, 9.17) is 16.0 Å². The van der Waals surface area contributed by atoms with Crippen LogP contribution < -0.4 is 0 Å². The maximum atomic E-state index is 6.37. The minimum Gasteiger partial charge on any atom is -0.417 e. The van der Waals surface area contributed by atoms with Gasteiger partial charge in [-0.3, -0.25) is 4.40 Å². The van der Waals surface area contributed by atoms with E-state index in [1.54, 1.807) is 0 Å². The fourth-order valence-electron chi connectivity index (χ4n) is 2.88. The van der Waals surface area contributed by atoms with Gasteiger partial charge < -0.3 is 4.43 Å². The van der Waals surface area contributed by atoms with Crippen molar-refractivity contribution in [2.24, 2.45) is 5.92 Å². The Hall–Kier alpha value is -0.183. The molecule has 1 saturated carbocycles. The van der Waals surface area contributed by atoms with Crippen LogP contribution in [0.4, 0.5) is 0 Å². The molecule has 0 amide bonds. The van der Waals surface area contributed by atoms with Gasteiger partial charge in [0.2, 0.25) is 0 Å². The van der Waals surface area contributed by atoms with Gasteiger partial charge in [0.1, 0.15) is 15.0 Å². The number of aromatic nitrogens is 3. The number of rotatable bonds is 4.